The first-order valence-corrected chi connectivity index (χ1v) is 8.79. The number of ether oxygens (including phenoxy) is 1. The van der Waals surface area contributed by atoms with Gasteiger partial charge in [-0.2, -0.15) is 8.78 Å². The van der Waals surface area contributed by atoms with Crippen molar-refractivity contribution < 1.29 is 18.3 Å². The zero-order valence-electron chi connectivity index (χ0n) is 14.8. The monoisotopic (exact) mass is 396 g/mol. The van der Waals surface area contributed by atoms with Gasteiger partial charge in [-0.05, 0) is 17.5 Å². The Bertz CT molecular complexity index is 844. The molecule has 6 nitrogen and oxygen atoms in total. The first-order chi connectivity index (χ1) is 12.8. The molecular formula is C18H19ClF2N4O2. The fourth-order valence-electron chi connectivity index (χ4n) is 3.02. The number of hydrogen-bond acceptors (Lipinski definition) is 5. The number of amides is 1. The summed E-state index contributed by atoms with van der Waals surface area (Å²) < 4.78 is 29.8. The average molecular weight is 397 g/mol. The van der Waals surface area contributed by atoms with Gasteiger partial charge >= 0.3 is 6.61 Å². The Balaban J connectivity index is 1.94. The molecule has 2 N–H and O–H groups in total. The summed E-state index contributed by atoms with van der Waals surface area (Å²) in [4.78, 5) is 21.5. The van der Waals surface area contributed by atoms with Gasteiger partial charge in [-0.3, -0.25) is 9.78 Å². The standard InChI is InChI=1S/C18H19ClF2N4O2/c1-10(2)12-4-3-5-23-14(12)18(8-22-9-18)16(26)25-15-13(27-17(20)21)6-11(19)7-24-15/h3-7,10,17,22H,8-9H2,1-2H3,(H,24,25,26). The number of anilines is 1. The Labute approximate surface area is 160 Å². The summed E-state index contributed by atoms with van der Waals surface area (Å²) in [6.45, 7) is 1.74. The van der Waals surface area contributed by atoms with E-state index >= 15 is 0 Å². The highest BCUT2D eigenvalue weighted by Gasteiger charge is 2.49. The predicted octanol–water partition coefficient (Wildman–Crippen LogP) is 3.33. The SMILES string of the molecule is CC(C)c1cccnc1C1(C(=O)Nc2ncc(Cl)cc2OC(F)F)CNC1. The van der Waals surface area contributed by atoms with Crippen LogP contribution in [0.25, 0.3) is 0 Å². The van der Waals surface area contributed by atoms with E-state index in [1.54, 1.807) is 6.20 Å². The molecule has 0 radical (unpaired) electrons. The summed E-state index contributed by atoms with van der Waals surface area (Å²) in [5.41, 5.74) is 0.716. The third kappa shape index (κ3) is 3.86. The molecule has 1 aliphatic heterocycles. The van der Waals surface area contributed by atoms with Crippen molar-refractivity contribution >= 4 is 23.3 Å². The molecule has 0 aromatic carbocycles. The van der Waals surface area contributed by atoms with Crippen LogP contribution in [0.4, 0.5) is 14.6 Å². The lowest BCUT2D eigenvalue weighted by Crippen LogP contribution is -2.64. The summed E-state index contributed by atoms with van der Waals surface area (Å²) in [5.74, 6) is -0.627. The van der Waals surface area contributed by atoms with Crippen LogP contribution in [0.5, 0.6) is 5.75 Å². The number of hydrogen-bond donors (Lipinski definition) is 2. The topological polar surface area (TPSA) is 76.1 Å². The van der Waals surface area contributed by atoms with E-state index in [1.165, 1.54) is 12.3 Å². The second-order valence-electron chi connectivity index (χ2n) is 6.61. The lowest BCUT2D eigenvalue weighted by atomic mass is 9.74. The molecule has 1 amide bonds. The molecule has 3 heterocycles. The molecule has 0 bridgehead atoms. The fraction of sp³-hybridized carbons (Fsp3) is 0.389. The van der Waals surface area contributed by atoms with Crippen molar-refractivity contribution in [2.75, 3.05) is 18.4 Å². The maximum Gasteiger partial charge on any atom is 0.387 e. The van der Waals surface area contributed by atoms with E-state index in [4.69, 9.17) is 11.6 Å². The Morgan fingerprint density at radius 3 is 2.70 bits per heavy atom. The van der Waals surface area contributed by atoms with Crippen molar-refractivity contribution in [3.05, 3.63) is 46.9 Å². The van der Waals surface area contributed by atoms with Gasteiger partial charge in [0.2, 0.25) is 5.91 Å². The van der Waals surface area contributed by atoms with Crippen molar-refractivity contribution in [1.82, 2.24) is 15.3 Å². The second kappa shape index (κ2) is 7.74. The molecule has 27 heavy (non-hydrogen) atoms. The van der Waals surface area contributed by atoms with Gasteiger partial charge in [-0.15, -0.1) is 0 Å². The molecule has 3 rings (SSSR count). The number of nitrogens with one attached hydrogen (secondary N) is 2. The number of nitrogens with zero attached hydrogens (tertiary/aromatic N) is 2. The van der Waals surface area contributed by atoms with E-state index in [1.807, 2.05) is 26.0 Å². The van der Waals surface area contributed by atoms with Crippen LogP contribution < -0.4 is 15.4 Å². The van der Waals surface area contributed by atoms with Crippen LogP contribution in [0, 0.1) is 0 Å². The number of aromatic nitrogens is 2. The molecule has 2 aromatic rings. The molecule has 144 valence electrons. The average Bonchev–Trinajstić information content (AvgIpc) is 2.56. The van der Waals surface area contributed by atoms with Crippen LogP contribution in [0.3, 0.4) is 0 Å². The van der Waals surface area contributed by atoms with Crippen LogP contribution in [0.15, 0.2) is 30.6 Å². The van der Waals surface area contributed by atoms with Crippen LogP contribution in [-0.4, -0.2) is 35.6 Å². The highest BCUT2D eigenvalue weighted by Crippen LogP contribution is 2.35. The van der Waals surface area contributed by atoms with Crippen molar-refractivity contribution in [2.45, 2.75) is 31.8 Å². The van der Waals surface area contributed by atoms with Gasteiger partial charge in [-0.1, -0.05) is 31.5 Å². The van der Waals surface area contributed by atoms with Crippen molar-refractivity contribution in [3.8, 4) is 5.75 Å². The number of pyridine rings is 2. The van der Waals surface area contributed by atoms with Crippen LogP contribution >= 0.6 is 11.6 Å². The lowest BCUT2D eigenvalue weighted by Gasteiger charge is -2.41. The molecule has 0 unspecified atom stereocenters. The smallest absolute Gasteiger partial charge is 0.387 e. The van der Waals surface area contributed by atoms with Gasteiger partial charge < -0.3 is 15.4 Å². The van der Waals surface area contributed by atoms with Gasteiger partial charge in [0.1, 0.15) is 5.41 Å². The van der Waals surface area contributed by atoms with Crippen LogP contribution in [-0.2, 0) is 10.2 Å². The Kier molecular flexibility index (Phi) is 5.57. The van der Waals surface area contributed by atoms with Crippen molar-refractivity contribution in [1.29, 1.82) is 0 Å². The van der Waals surface area contributed by atoms with Crippen molar-refractivity contribution in [3.63, 3.8) is 0 Å². The summed E-state index contributed by atoms with van der Waals surface area (Å²) in [7, 11) is 0. The minimum atomic E-state index is -3.07. The minimum Gasteiger partial charge on any atom is -0.431 e. The molecular weight excluding hydrogens is 378 g/mol. The summed E-state index contributed by atoms with van der Waals surface area (Å²) in [6, 6.07) is 4.94. The molecule has 1 saturated heterocycles. The number of alkyl halides is 2. The van der Waals surface area contributed by atoms with Gasteiger partial charge in [0.15, 0.2) is 11.6 Å². The summed E-state index contributed by atoms with van der Waals surface area (Å²) in [5, 5.41) is 5.82. The first kappa shape index (κ1) is 19.4. The van der Waals surface area contributed by atoms with E-state index in [2.05, 4.69) is 25.3 Å². The zero-order chi connectivity index (χ0) is 19.6. The van der Waals surface area contributed by atoms with E-state index in [0.717, 1.165) is 5.56 Å². The molecule has 2 aromatic heterocycles. The Morgan fingerprint density at radius 2 is 2.11 bits per heavy atom. The van der Waals surface area contributed by atoms with Crippen LogP contribution in [0.2, 0.25) is 5.02 Å². The van der Waals surface area contributed by atoms with E-state index in [0.29, 0.717) is 18.8 Å². The Morgan fingerprint density at radius 1 is 1.37 bits per heavy atom. The molecule has 0 spiro atoms. The highest BCUT2D eigenvalue weighted by atomic mass is 35.5. The zero-order valence-corrected chi connectivity index (χ0v) is 15.6. The fourth-order valence-corrected chi connectivity index (χ4v) is 3.17. The minimum absolute atomic E-state index is 0.113. The number of carbonyl (C=O) groups is 1. The molecule has 1 fully saturated rings. The third-order valence-electron chi connectivity index (χ3n) is 4.47. The van der Waals surface area contributed by atoms with E-state index in [-0.39, 0.29) is 22.5 Å². The maximum absolute atomic E-state index is 13.1. The molecule has 0 aliphatic carbocycles. The maximum atomic E-state index is 13.1. The highest BCUT2D eigenvalue weighted by molar-refractivity contribution is 6.30. The molecule has 0 saturated carbocycles. The quantitative estimate of drug-likeness (QED) is 0.783. The number of rotatable bonds is 6. The Hall–Kier alpha value is -2.32. The third-order valence-corrected chi connectivity index (χ3v) is 4.68. The summed E-state index contributed by atoms with van der Waals surface area (Å²) >= 11 is 5.80. The predicted molar refractivity (Wildman–Crippen MR) is 97.4 cm³/mol. The first-order valence-electron chi connectivity index (χ1n) is 8.41. The van der Waals surface area contributed by atoms with Gasteiger partial charge in [0.25, 0.3) is 0 Å². The number of halogens is 3. The normalized spacial score (nSPS) is 15.5. The summed E-state index contributed by atoms with van der Waals surface area (Å²) in [6.07, 6.45) is 2.89. The lowest BCUT2D eigenvalue weighted by molar-refractivity contribution is -0.123. The van der Waals surface area contributed by atoms with Crippen LogP contribution in [0.1, 0.15) is 31.0 Å². The molecule has 9 heteroatoms. The van der Waals surface area contributed by atoms with Crippen molar-refractivity contribution in [2.24, 2.45) is 0 Å². The molecule has 1 aliphatic rings. The van der Waals surface area contributed by atoms with Gasteiger partial charge in [0.05, 0.1) is 10.7 Å². The van der Waals surface area contributed by atoms with E-state index in [9.17, 15) is 13.6 Å². The number of carbonyl (C=O) groups excluding carboxylic acids is 1. The largest absolute Gasteiger partial charge is 0.431 e. The van der Waals surface area contributed by atoms with E-state index < -0.39 is 17.9 Å². The van der Waals surface area contributed by atoms with Gasteiger partial charge in [0, 0.05) is 31.5 Å². The molecule has 0 atom stereocenters. The second-order valence-corrected chi connectivity index (χ2v) is 7.05. The van der Waals surface area contributed by atoms with Gasteiger partial charge in [-0.25, -0.2) is 4.98 Å².